The van der Waals surface area contributed by atoms with Crippen molar-refractivity contribution >= 4 is 11.6 Å². The zero-order chi connectivity index (χ0) is 13.5. The molecule has 1 fully saturated rings. The summed E-state index contributed by atoms with van der Waals surface area (Å²) >= 11 is 0. The van der Waals surface area contributed by atoms with Gasteiger partial charge in [0.2, 0.25) is 5.91 Å². The first-order valence-corrected chi connectivity index (χ1v) is 6.50. The molecule has 0 bridgehead atoms. The number of nitrogens with one attached hydrogen (secondary N) is 2. The Bertz CT molecular complexity index is 417. The van der Waals surface area contributed by atoms with E-state index in [0.29, 0.717) is 12.5 Å². The highest BCUT2D eigenvalue weighted by atomic mass is 16.5. The van der Waals surface area contributed by atoms with Gasteiger partial charge < -0.3 is 20.1 Å². The largest absolute Gasteiger partial charge is 0.497 e. The van der Waals surface area contributed by atoms with Crippen LogP contribution in [-0.4, -0.2) is 39.3 Å². The number of anilines is 1. The van der Waals surface area contributed by atoms with E-state index in [-0.39, 0.29) is 12.5 Å². The van der Waals surface area contributed by atoms with Crippen molar-refractivity contribution in [2.45, 2.75) is 6.42 Å². The Hall–Kier alpha value is -1.59. The van der Waals surface area contributed by atoms with Crippen LogP contribution in [-0.2, 0) is 9.53 Å². The highest BCUT2D eigenvalue weighted by Crippen LogP contribution is 2.16. The van der Waals surface area contributed by atoms with Crippen molar-refractivity contribution in [3.05, 3.63) is 24.3 Å². The molecule has 1 unspecified atom stereocenters. The van der Waals surface area contributed by atoms with Crippen LogP contribution in [0, 0.1) is 5.92 Å². The zero-order valence-corrected chi connectivity index (χ0v) is 11.1. The van der Waals surface area contributed by atoms with E-state index in [2.05, 4.69) is 10.6 Å². The molecular formula is C14H20N2O3. The van der Waals surface area contributed by atoms with Crippen molar-refractivity contribution in [3.8, 4) is 5.75 Å². The number of carbonyl (C=O) groups excluding carboxylic acids is 1. The summed E-state index contributed by atoms with van der Waals surface area (Å²) in [6.07, 6.45) is 1.12. The summed E-state index contributed by atoms with van der Waals surface area (Å²) in [5.74, 6) is 1.11. The molecule has 1 aromatic rings. The van der Waals surface area contributed by atoms with E-state index in [4.69, 9.17) is 9.47 Å². The van der Waals surface area contributed by atoms with Gasteiger partial charge in [0.1, 0.15) is 12.4 Å². The van der Waals surface area contributed by atoms with Crippen LogP contribution in [0.25, 0.3) is 0 Å². The van der Waals surface area contributed by atoms with E-state index in [1.165, 1.54) is 0 Å². The van der Waals surface area contributed by atoms with Gasteiger partial charge in [0.25, 0.3) is 0 Å². The first-order chi connectivity index (χ1) is 9.28. The predicted molar refractivity (Wildman–Crippen MR) is 73.4 cm³/mol. The van der Waals surface area contributed by atoms with E-state index in [9.17, 15) is 4.79 Å². The quantitative estimate of drug-likeness (QED) is 0.812. The molecule has 5 heteroatoms. The number of ether oxygens (including phenoxy) is 2. The SMILES string of the molecule is COc1cccc(NC(=O)COCC2CCNC2)c1. The van der Waals surface area contributed by atoms with Crippen LogP contribution in [0.2, 0.25) is 0 Å². The summed E-state index contributed by atoms with van der Waals surface area (Å²) in [6, 6.07) is 7.26. The number of methoxy groups -OCH3 is 1. The standard InChI is InChI=1S/C14H20N2O3/c1-18-13-4-2-3-12(7-13)16-14(17)10-19-9-11-5-6-15-8-11/h2-4,7,11,15H,5-6,8-10H2,1H3,(H,16,17). The van der Waals surface area contributed by atoms with Crippen LogP contribution in [0.5, 0.6) is 5.75 Å². The van der Waals surface area contributed by atoms with Gasteiger partial charge in [-0.2, -0.15) is 0 Å². The van der Waals surface area contributed by atoms with Crippen LogP contribution in [0.3, 0.4) is 0 Å². The molecule has 0 radical (unpaired) electrons. The Morgan fingerprint density at radius 2 is 2.42 bits per heavy atom. The van der Waals surface area contributed by atoms with Gasteiger partial charge in [-0.05, 0) is 31.0 Å². The van der Waals surface area contributed by atoms with Crippen LogP contribution < -0.4 is 15.4 Å². The van der Waals surface area contributed by atoms with E-state index in [1.54, 1.807) is 13.2 Å². The van der Waals surface area contributed by atoms with E-state index in [0.717, 1.165) is 30.9 Å². The Morgan fingerprint density at radius 3 is 3.16 bits per heavy atom. The van der Waals surface area contributed by atoms with Gasteiger partial charge in [-0.1, -0.05) is 6.07 Å². The van der Waals surface area contributed by atoms with Gasteiger partial charge in [0.15, 0.2) is 0 Å². The molecule has 1 aliphatic heterocycles. The smallest absolute Gasteiger partial charge is 0.250 e. The van der Waals surface area contributed by atoms with Crippen molar-refractivity contribution in [3.63, 3.8) is 0 Å². The van der Waals surface area contributed by atoms with Gasteiger partial charge >= 0.3 is 0 Å². The van der Waals surface area contributed by atoms with Crippen LogP contribution in [0.15, 0.2) is 24.3 Å². The molecule has 104 valence electrons. The Kier molecular flexibility index (Phi) is 5.18. The normalized spacial score (nSPS) is 18.3. The molecule has 1 saturated heterocycles. The molecule has 5 nitrogen and oxygen atoms in total. The van der Waals surface area contributed by atoms with Gasteiger partial charge in [-0.3, -0.25) is 4.79 Å². The molecule has 0 aromatic heterocycles. The molecular weight excluding hydrogens is 244 g/mol. The third-order valence-electron chi connectivity index (χ3n) is 3.10. The summed E-state index contributed by atoms with van der Waals surface area (Å²) in [4.78, 5) is 11.7. The lowest BCUT2D eigenvalue weighted by molar-refractivity contribution is -0.121. The summed E-state index contributed by atoms with van der Waals surface area (Å²) in [7, 11) is 1.60. The third-order valence-corrected chi connectivity index (χ3v) is 3.10. The fourth-order valence-electron chi connectivity index (χ4n) is 2.07. The molecule has 1 heterocycles. The first kappa shape index (κ1) is 13.8. The Morgan fingerprint density at radius 1 is 1.53 bits per heavy atom. The lowest BCUT2D eigenvalue weighted by Crippen LogP contribution is -2.21. The molecule has 2 N–H and O–H groups in total. The topological polar surface area (TPSA) is 59.6 Å². The van der Waals surface area contributed by atoms with Crippen LogP contribution >= 0.6 is 0 Å². The molecule has 2 rings (SSSR count). The van der Waals surface area contributed by atoms with E-state index < -0.39 is 0 Å². The van der Waals surface area contributed by atoms with Gasteiger partial charge in [0, 0.05) is 18.3 Å². The third kappa shape index (κ3) is 4.54. The number of hydrogen-bond donors (Lipinski definition) is 2. The highest BCUT2D eigenvalue weighted by Gasteiger charge is 2.14. The maximum absolute atomic E-state index is 11.7. The van der Waals surface area contributed by atoms with Crippen molar-refractivity contribution in [2.75, 3.05) is 38.7 Å². The number of amides is 1. The lowest BCUT2D eigenvalue weighted by Gasteiger charge is -2.10. The predicted octanol–water partition coefficient (Wildman–Crippen LogP) is 1.26. The van der Waals surface area contributed by atoms with Crippen molar-refractivity contribution in [2.24, 2.45) is 5.92 Å². The number of carbonyl (C=O) groups is 1. The number of hydrogen-bond acceptors (Lipinski definition) is 4. The van der Waals surface area contributed by atoms with Gasteiger partial charge in [-0.15, -0.1) is 0 Å². The monoisotopic (exact) mass is 264 g/mol. The van der Waals surface area contributed by atoms with Crippen molar-refractivity contribution in [1.29, 1.82) is 0 Å². The van der Waals surface area contributed by atoms with Crippen LogP contribution in [0.1, 0.15) is 6.42 Å². The molecule has 1 atom stereocenters. The van der Waals surface area contributed by atoms with Crippen LogP contribution in [0.4, 0.5) is 5.69 Å². The summed E-state index contributed by atoms with van der Waals surface area (Å²) in [6.45, 7) is 2.76. The molecule has 1 aromatic carbocycles. The second kappa shape index (κ2) is 7.11. The summed E-state index contributed by atoms with van der Waals surface area (Å²) in [5, 5.41) is 6.05. The summed E-state index contributed by atoms with van der Waals surface area (Å²) in [5.41, 5.74) is 0.718. The second-order valence-corrected chi connectivity index (χ2v) is 4.65. The van der Waals surface area contributed by atoms with E-state index >= 15 is 0 Å². The molecule has 19 heavy (non-hydrogen) atoms. The minimum absolute atomic E-state index is 0.0910. The van der Waals surface area contributed by atoms with Gasteiger partial charge in [0.05, 0.1) is 13.7 Å². The average Bonchev–Trinajstić information content (AvgIpc) is 2.92. The Labute approximate surface area is 113 Å². The molecule has 1 amide bonds. The zero-order valence-electron chi connectivity index (χ0n) is 11.1. The number of rotatable bonds is 6. The minimum Gasteiger partial charge on any atom is -0.497 e. The maximum Gasteiger partial charge on any atom is 0.250 e. The molecule has 0 saturated carbocycles. The molecule has 1 aliphatic rings. The second-order valence-electron chi connectivity index (χ2n) is 4.65. The number of benzene rings is 1. The van der Waals surface area contributed by atoms with E-state index in [1.807, 2.05) is 18.2 Å². The Balaban J connectivity index is 1.70. The van der Waals surface area contributed by atoms with Crippen molar-refractivity contribution in [1.82, 2.24) is 5.32 Å². The average molecular weight is 264 g/mol. The first-order valence-electron chi connectivity index (χ1n) is 6.50. The molecule has 0 spiro atoms. The van der Waals surface area contributed by atoms with Crippen molar-refractivity contribution < 1.29 is 14.3 Å². The fraction of sp³-hybridized carbons (Fsp3) is 0.500. The fourth-order valence-corrected chi connectivity index (χ4v) is 2.07. The highest BCUT2D eigenvalue weighted by molar-refractivity contribution is 5.91. The lowest BCUT2D eigenvalue weighted by atomic mass is 10.1. The summed E-state index contributed by atoms with van der Waals surface area (Å²) < 4.78 is 10.5. The maximum atomic E-state index is 11.7. The van der Waals surface area contributed by atoms with Gasteiger partial charge in [-0.25, -0.2) is 0 Å². The minimum atomic E-state index is -0.140. The molecule has 0 aliphatic carbocycles.